The molecule has 2 heterocycles. The molecule has 4 rings (SSSR count). The van der Waals surface area contributed by atoms with E-state index in [1.165, 1.54) is 30.4 Å². The van der Waals surface area contributed by atoms with E-state index in [1.807, 2.05) is 11.0 Å². The zero-order chi connectivity index (χ0) is 14.4. The van der Waals surface area contributed by atoms with Gasteiger partial charge in [0.2, 0.25) is 0 Å². The van der Waals surface area contributed by atoms with E-state index in [-0.39, 0.29) is 17.4 Å². The first-order chi connectivity index (χ1) is 10.2. The molecule has 112 valence electrons. The minimum Gasteiger partial charge on any atom is -0.336 e. The van der Waals surface area contributed by atoms with E-state index >= 15 is 0 Å². The first kappa shape index (κ1) is 13.3. The predicted octanol–water partition coefficient (Wildman–Crippen LogP) is 1.29. The molecule has 21 heavy (non-hydrogen) atoms. The highest BCUT2D eigenvalue weighted by molar-refractivity contribution is 5.94. The van der Waals surface area contributed by atoms with Gasteiger partial charge in [-0.15, -0.1) is 0 Å². The molecule has 4 nitrogen and oxygen atoms in total. The van der Waals surface area contributed by atoms with Gasteiger partial charge in [-0.25, -0.2) is 0 Å². The van der Waals surface area contributed by atoms with Gasteiger partial charge in [-0.3, -0.25) is 4.79 Å². The van der Waals surface area contributed by atoms with Gasteiger partial charge in [-0.05, 0) is 49.1 Å². The lowest BCUT2D eigenvalue weighted by Gasteiger charge is -2.41. The molecule has 2 fully saturated rings. The molecule has 1 unspecified atom stereocenters. The molecule has 3 aliphatic rings. The summed E-state index contributed by atoms with van der Waals surface area (Å²) in [7, 11) is 0. The van der Waals surface area contributed by atoms with Crippen LogP contribution in [0.1, 0.15) is 40.7 Å². The summed E-state index contributed by atoms with van der Waals surface area (Å²) in [6.45, 7) is 3.47. The van der Waals surface area contributed by atoms with Crippen LogP contribution in [0, 0.1) is 5.41 Å². The third-order valence-corrected chi connectivity index (χ3v) is 5.69. The zero-order valence-corrected chi connectivity index (χ0v) is 12.4. The van der Waals surface area contributed by atoms with Crippen LogP contribution in [0.4, 0.5) is 0 Å². The molecule has 1 saturated carbocycles. The van der Waals surface area contributed by atoms with E-state index in [1.54, 1.807) is 0 Å². The third-order valence-electron chi connectivity index (χ3n) is 5.69. The molecule has 0 aromatic heterocycles. The quantitative estimate of drug-likeness (QED) is 0.817. The van der Waals surface area contributed by atoms with Gasteiger partial charge in [0.1, 0.15) is 0 Å². The molecule has 1 spiro atoms. The Bertz CT molecular complexity index is 579. The van der Waals surface area contributed by atoms with Gasteiger partial charge in [0.25, 0.3) is 5.91 Å². The summed E-state index contributed by atoms with van der Waals surface area (Å²) in [6, 6.07) is 6.35. The number of hydrogen-bond donors (Lipinski definition) is 2. The van der Waals surface area contributed by atoms with Crippen molar-refractivity contribution in [3.63, 3.8) is 0 Å². The number of benzene rings is 1. The molecule has 4 heteroatoms. The number of amides is 1. The summed E-state index contributed by atoms with van der Waals surface area (Å²) >= 11 is 0. The summed E-state index contributed by atoms with van der Waals surface area (Å²) in [5, 5.41) is 3.37. The Morgan fingerprint density at radius 1 is 1.33 bits per heavy atom. The molecule has 0 bridgehead atoms. The average molecular weight is 285 g/mol. The number of nitrogens with two attached hydrogens (primary N) is 1. The SMILES string of the molecule is NC1CN(C(=O)c2ccc3c(c2)CNCC3)CC12CCC2. The van der Waals surface area contributed by atoms with Crippen molar-refractivity contribution in [1.82, 2.24) is 10.2 Å². The number of carbonyl (C=O) groups excluding carboxylic acids is 1. The van der Waals surface area contributed by atoms with Crippen LogP contribution in [0.25, 0.3) is 0 Å². The molecular weight excluding hydrogens is 262 g/mol. The molecule has 1 aliphatic carbocycles. The summed E-state index contributed by atoms with van der Waals surface area (Å²) in [6.07, 6.45) is 4.69. The summed E-state index contributed by atoms with van der Waals surface area (Å²) in [5.41, 5.74) is 9.98. The lowest BCUT2D eigenvalue weighted by atomic mass is 9.66. The number of likely N-dealkylation sites (tertiary alicyclic amines) is 1. The fourth-order valence-electron chi connectivity index (χ4n) is 4.10. The van der Waals surface area contributed by atoms with Gasteiger partial charge in [-0.1, -0.05) is 12.5 Å². The molecule has 1 aromatic carbocycles. The topological polar surface area (TPSA) is 58.4 Å². The molecule has 0 radical (unpaired) electrons. The van der Waals surface area contributed by atoms with E-state index in [2.05, 4.69) is 17.4 Å². The van der Waals surface area contributed by atoms with E-state index in [9.17, 15) is 4.79 Å². The Balaban J connectivity index is 1.55. The minimum absolute atomic E-state index is 0.155. The second-order valence-corrected chi connectivity index (χ2v) is 6.92. The van der Waals surface area contributed by atoms with Crippen molar-refractivity contribution >= 4 is 5.91 Å². The fraction of sp³-hybridized carbons (Fsp3) is 0.588. The third kappa shape index (κ3) is 2.09. The van der Waals surface area contributed by atoms with Crippen molar-refractivity contribution in [1.29, 1.82) is 0 Å². The van der Waals surface area contributed by atoms with Gasteiger partial charge in [-0.2, -0.15) is 0 Å². The number of rotatable bonds is 1. The largest absolute Gasteiger partial charge is 0.336 e. The van der Waals surface area contributed by atoms with Crippen molar-refractivity contribution in [2.24, 2.45) is 11.1 Å². The lowest BCUT2D eigenvalue weighted by Crippen LogP contribution is -2.45. The van der Waals surface area contributed by atoms with Gasteiger partial charge < -0.3 is 16.0 Å². The standard InChI is InChI=1S/C17H23N3O/c18-15-10-20(11-17(15)5-1-6-17)16(21)13-3-2-12-4-7-19-9-14(12)8-13/h2-3,8,15,19H,1,4-7,9-11,18H2. The first-order valence-electron chi connectivity index (χ1n) is 8.05. The van der Waals surface area contributed by atoms with E-state index in [4.69, 9.17) is 5.73 Å². The number of hydrogen-bond acceptors (Lipinski definition) is 3. The molecule has 2 aliphatic heterocycles. The van der Waals surface area contributed by atoms with Crippen LogP contribution in [0.15, 0.2) is 18.2 Å². The van der Waals surface area contributed by atoms with Crippen LogP contribution in [-0.4, -0.2) is 36.5 Å². The maximum atomic E-state index is 12.8. The lowest BCUT2D eigenvalue weighted by molar-refractivity contribution is 0.0726. The number of nitrogens with one attached hydrogen (secondary N) is 1. The van der Waals surface area contributed by atoms with E-state index in [0.29, 0.717) is 6.54 Å². The minimum atomic E-state index is 0.155. The van der Waals surface area contributed by atoms with Crippen molar-refractivity contribution in [2.45, 2.75) is 38.3 Å². The molecule has 1 aromatic rings. The average Bonchev–Trinajstić information content (AvgIpc) is 2.84. The van der Waals surface area contributed by atoms with Crippen LogP contribution < -0.4 is 11.1 Å². The second-order valence-electron chi connectivity index (χ2n) is 6.92. The predicted molar refractivity (Wildman–Crippen MR) is 82.0 cm³/mol. The van der Waals surface area contributed by atoms with Crippen LogP contribution in [0.2, 0.25) is 0 Å². The summed E-state index contributed by atoms with van der Waals surface area (Å²) in [4.78, 5) is 14.7. The van der Waals surface area contributed by atoms with Gasteiger partial charge in [0.05, 0.1) is 0 Å². The Labute approximate surface area is 125 Å². The van der Waals surface area contributed by atoms with Gasteiger partial charge >= 0.3 is 0 Å². The van der Waals surface area contributed by atoms with Gasteiger partial charge in [0, 0.05) is 36.7 Å². The maximum Gasteiger partial charge on any atom is 0.253 e. The smallest absolute Gasteiger partial charge is 0.253 e. The van der Waals surface area contributed by atoms with E-state index in [0.717, 1.165) is 31.6 Å². The fourth-order valence-corrected chi connectivity index (χ4v) is 4.10. The Kier molecular flexibility index (Phi) is 3.05. The highest BCUT2D eigenvalue weighted by Crippen LogP contribution is 2.47. The Hall–Kier alpha value is -1.39. The highest BCUT2D eigenvalue weighted by atomic mass is 16.2. The Morgan fingerprint density at radius 3 is 2.90 bits per heavy atom. The summed E-state index contributed by atoms with van der Waals surface area (Å²) < 4.78 is 0. The van der Waals surface area contributed by atoms with Crippen molar-refractivity contribution in [3.05, 3.63) is 34.9 Å². The van der Waals surface area contributed by atoms with E-state index < -0.39 is 0 Å². The second kappa shape index (κ2) is 4.82. The van der Waals surface area contributed by atoms with Gasteiger partial charge in [0.15, 0.2) is 0 Å². The molecule has 1 amide bonds. The molecular formula is C17H23N3O. The summed E-state index contributed by atoms with van der Waals surface area (Å²) in [5.74, 6) is 0.155. The van der Waals surface area contributed by atoms with Crippen molar-refractivity contribution < 1.29 is 4.79 Å². The zero-order valence-electron chi connectivity index (χ0n) is 12.4. The monoisotopic (exact) mass is 285 g/mol. The normalized spacial score (nSPS) is 26.5. The molecule has 1 saturated heterocycles. The number of fused-ring (bicyclic) bond motifs is 1. The van der Waals surface area contributed by atoms with Crippen LogP contribution in [0.3, 0.4) is 0 Å². The number of nitrogens with zero attached hydrogens (tertiary/aromatic N) is 1. The first-order valence-corrected chi connectivity index (χ1v) is 8.05. The number of carbonyl (C=O) groups is 1. The highest BCUT2D eigenvalue weighted by Gasteiger charge is 2.49. The van der Waals surface area contributed by atoms with Crippen LogP contribution >= 0.6 is 0 Å². The molecule has 1 atom stereocenters. The van der Waals surface area contributed by atoms with Crippen molar-refractivity contribution in [2.75, 3.05) is 19.6 Å². The molecule has 3 N–H and O–H groups in total. The van der Waals surface area contributed by atoms with Crippen LogP contribution in [0.5, 0.6) is 0 Å². The maximum absolute atomic E-state index is 12.8. The Morgan fingerprint density at radius 2 is 2.19 bits per heavy atom. The van der Waals surface area contributed by atoms with Crippen molar-refractivity contribution in [3.8, 4) is 0 Å². The van der Waals surface area contributed by atoms with Crippen LogP contribution in [-0.2, 0) is 13.0 Å².